The topological polar surface area (TPSA) is 61.0 Å². The van der Waals surface area contributed by atoms with Crippen LogP contribution in [0.4, 0.5) is 5.69 Å². The van der Waals surface area contributed by atoms with Crippen molar-refractivity contribution >= 4 is 34.7 Å². The molecule has 2 aromatic rings. The molecule has 0 saturated carbocycles. The maximum Gasteiger partial charge on any atom is 0.133 e. The molecule has 26 heavy (non-hydrogen) atoms. The third-order valence-corrected chi connectivity index (χ3v) is 4.56. The number of hydrogen-bond donors (Lipinski definition) is 1. The highest BCUT2D eigenvalue weighted by atomic mass is 35.5. The van der Waals surface area contributed by atoms with Crippen molar-refractivity contribution in [3.8, 4) is 5.75 Å². The molecule has 0 aromatic heterocycles. The monoisotopic (exact) mass is 368 g/mol. The van der Waals surface area contributed by atoms with Gasteiger partial charge in [0.05, 0.1) is 18.5 Å². The number of halogens is 1. The first-order chi connectivity index (χ1) is 12.5. The van der Waals surface area contributed by atoms with Gasteiger partial charge in [0.2, 0.25) is 0 Å². The van der Waals surface area contributed by atoms with Gasteiger partial charge < -0.3 is 4.74 Å². The van der Waals surface area contributed by atoms with Crippen LogP contribution in [0.3, 0.4) is 0 Å². The van der Waals surface area contributed by atoms with E-state index in [1.807, 2.05) is 54.3 Å². The number of fused-ring (bicyclic) bond motifs is 1. The molecule has 0 radical (unpaired) electrons. The SMILES string of the molecule is CN=C1C(C)N=C(c2ccc(Cl)cc2)c2cc(OC)ccc2N1C(C)=N. The van der Waals surface area contributed by atoms with E-state index in [0.717, 1.165) is 34.1 Å². The summed E-state index contributed by atoms with van der Waals surface area (Å²) < 4.78 is 5.42. The van der Waals surface area contributed by atoms with Gasteiger partial charge in [0, 0.05) is 23.2 Å². The maximum atomic E-state index is 8.28. The molecule has 0 bridgehead atoms. The zero-order valence-electron chi connectivity index (χ0n) is 15.2. The first-order valence-corrected chi connectivity index (χ1v) is 8.68. The number of ether oxygens (including phenoxy) is 1. The van der Waals surface area contributed by atoms with Gasteiger partial charge in [-0.1, -0.05) is 23.7 Å². The van der Waals surface area contributed by atoms with Crippen molar-refractivity contribution in [3.05, 3.63) is 58.6 Å². The van der Waals surface area contributed by atoms with Crippen molar-refractivity contribution in [3.63, 3.8) is 0 Å². The number of methoxy groups -OCH3 is 1. The molecule has 6 heteroatoms. The number of anilines is 1. The molecular weight excluding hydrogens is 348 g/mol. The predicted molar refractivity (Wildman–Crippen MR) is 109 cm³/mol. The van der Waals surface area contributed by atoms with E-state index in [1.165, 1.54) is 0 Å². The van der Waals surface area contributed by atoms with Crippen LogP contribution in [0.2, 0.25) is 5.02 Å². The van der Waals surface area contributed by atoms with E-state index >= 15 is 0 Å². The van der Waals surface area contributed by atoms with E-state index < -0.39 is 0 Å². The van der Waals surface area contributed by atoms with Crippen molar-refractivity contribution in [1.82, 2.24) is 0 Å². The van der Waals surface area contributed by atoms with Crippen LogP contribution in [-0.2, 0) is 0 Å². The number of benzene rings is 2. The number of hydrogen-bond acceptors (Lipinski definition) is 4. The summed E-state index contributed by atoms with van der Waals surface area (Å²) in [5.41, 5.74) is 3.53. The molecule has 3 rings (SSSR count). The molecule has 1 aliphatic rings. The summed E-state index contributed by atoms with van der Waals surface area (Å²) in [6.07, 6.45) is 0. The second-order valence-corrected chi connectivity index (χ2v) is 6.48. The number of nitrogens with zero attached hydrogens (tertiary/aromatic N) is 3. The minimum Gasteiger partial charge on any atom is -0.497 e. The molecule has 1 heterocycles. The van der Waals surface area contributed by atoms with Gasteiger partial charge in [-0.3, -0.25) is 20.3 Å². The summed E-state index contributed by atoms with van der Waals surface area (Å²) in [7, 11) is 3.37. The Labute approximate surface area is 158 Å². The minimum atomic E-state index is -0.204. The van der Waals surface area contributed by atoms with Crippen LogP contribution in [0.5, 0.6) is 5.75 Å². The summed E-state index contributed by atoms with van der Waals surface area (Å²) in [5.74, 6) is 1.85. The highest BCUT2D eigenvalue weighted by Gasteiger charge is 2.29. The van der Waals surface area contributed by atoms with E-state index in [4.69, 9.17) is 26.7 Å². The van der Waals surface area contributed by atoms with Crippen molar-refractivity contribution < 1.29 is 4.74 Å². The van der Waals surface area contributed by atoms with Gasteiger partial charge in [-0.05, 0) is 44.2 Å². The van der Waals surface area contributed by atoms with Gasteiger partial charge in [-0.15, -0.1) is 0 Å². The number of rotatable bonds is 2. The Kier molecular flexibility index (Phi) is 5.09. The summed E-state index contributed by atoms with van der Waals surface area (Å²) in [6, 6.07) is 13.2. The Morgan fingerprint density at radius 1 is 1.23 bits per heavy atom. The van der Waals surface area contributed by atoms with E-state index in [9.17, 15) is 0 Å². The normalized spacial score (nSPS) is 18.2. The Morgan fingerprint density at radius 2 is 1.92 bits per heavy atom. The lowest BCUT2D eigenvalue weighted by Crippen LogP contribution is -2.40. The third kappa shape index (κ3) is 3.22. The smallest absolute Gasteiger partial charge is 0.133 e. The molecule has 5 nitrogen and oxygen atoms in total. The maximum absolute atomic E-state index is 8.28. The average molecular weight is 369 g/mol. The summed E-state index contributed by atoms with van der Waals surface area (Å²) in [5, 5.41) is 8.96. The zero-order chi connectivity index (χ0) is 18.8. The minimum absolute atomic E-state index is 0.204. The number of nitrogens with one attached hydrogen (secondary N) is 1. The average Bonchev–Trinajstić information content (AvgIpc) is 2.76. The Hall–Kier alpha value is -2.66. The fraction of sp³-hybridized carbons (Fsp3) is 0.250. The standard InChI is InChI=1S/C20H21ClN4O/c1-12-20(23-3)25(13(2)22)18-10-9-16(26-4)11-17(18)19(24-12)14-5-7-15(21)8-6-14/h5-12,22H,1-4H3. The van der Waals surface area contributed by atoms with Gasteiger partial charge >= 0.3 is 0 Å². The molecule has 1 aliphatic heterocycles. The summed E-state index contributed by atoms with van der Waals surface area (Å²) >= 11 is 6.05. The van der Waals surface area contributed by atoms with Gasteiger partial charge in [0.15, 0.2) is 0 Å². The first kappa shape index (κ1) is 18.1. The number of amidine groups is 2. The van der Waals surface area contributed by atoms with Crippen molar-refractivity contribution in [2.24, 2.45) is 9.98 Å². The molecule has 1 unspecified atom stereocenters. The van der Waals surface area contributed by atoms with E-state index in [1.54, 1.807) is 21.1 Å². The van der Waals surface area contributed by atoms with Gasteiger partial charge in [-0.25, -0.2) is 0 Å². The lowest BCUT2D eigenvalue weighted by molar-refractivity contribution is 0.415. The number of benzodiazepines with no additional fused rings is 1. The molecule has 2 aromatic carbocycles. The third-order valence-electron chi connectivity index (χ3n) is 4.31. The predicted octanol–water partition coefficient (Wildman–Crippen LogP) is 4.42. The van der Waals surface area contributed by atoms with E-state index in [0.29, 0.717) is 10.9 Å². The van der Waals surface area contributed by atoms with Gasteiger partial charge in [-0.2, -0.15) is 0 Å². The lowest BCUT2D eigenvalue weighted by Gasteiger charge is -2.26. The fourth-order valence-corrected chi connectivity index (χ4v) is 3.26. The van der Waals surface area contributed by atoms with Crippen molar-refractivity contribution in [2.75, 3.05) is 19.1 Å². The molecule has 0 aliphatic carbocycles. The van der Waals surface area contributed by atoms with Crippen LogP contribution in [0, 0.1) is 5.41 Å². The summed E-state index contributed by atoms with van der Waals surface area (Å²) in [4.78, 5) is 11.2. The lowest BCUT2D eigenvalue weighted by atomic mass is 9.99. The molecule has 0 spiro atoms. The molecule has 134 valence electrons. The van der Waals surface area contributed by atoms with Crippen molar-refractivity contribution in [1.29, 1.82) is 5.41 Å². The molecule has 0 saturated heterocycles. The van der Waals surface area contributed by atoms with Gasteiger partial charge in [0.1, 0.15) is 23.5 Å². The first-order valence-electron chi connectivity index (χ1n) is 8.30. The Bertz CT molecular complexity index is 903. The van der Waals surface area contributed by atoms with Crippen molar-refractivity contribution in [2.45, 2.75) is 19.9 Å². The van der Waals surface area contributed by atoms with Crippen LogP contribution in [0.1, 0.15) is 25.0 Å². The summed E-state index contributed by atoms with van der Waals surface area (Å²) in [6.45, 7) is 3.73. The molecule has 0 fully saturated rings. The molecule has 1 atom stereocenters. The Balaban J connectivity index is 2.31. The van der Waals surface area contributed by atoms with Crippen LogP contribution >= 0.6 is 11.6 Å². The number of aliphatic imine (C=N–C) groups is 2. The fourth-order valence-electron chi connectivity index (χ4n) is 3.14. The highest BCUT2D eigenvalue weighted by Crippen LogP contribution is 2.32. The highest BCUT2D eigenvalue weighted by molar-refractivity contribution is 6.31. The van der Waals surface area contributed by atoms with Crippen LogP contribution < -0.4 is 9.64 Å². The second-order valence-electron chi connectivity index (χ2n) is 6.05. The van der Waals surface area contributed by atoms with E-state index in [-0.39, 0.29) is 6.04 Å². The van der Waals surface area contributed by atoms with Crippen LogP contribution in [-0.4, -0.2) is 37.6 Å². The Morgan fingerprint density at radius 3 is 2.50 bits per heavy atom. The second kappa shape index (κ2) is 7.30. The van der Waals surface area contributed by atoms with Crippen LogP contribution in [0.15, 0.2) is 52.4 Å². The molecular formula is C20H21ClN4O. The molecule has 0 amide bonds. The molecule has 1 N–H and O–H groups in total. The quantitative estimate of drug-likeness (QED) is 0.630. The zero-order valence-corrected chi connectivity index (χ0v) is 16.0. The largest absolute Gasteiger partial charge is 0.497 e. The van der Waals surface area contributed by atoms with Gasteiger partial charge in [0.25, 0.3) is 0 Å². The van der Waals surface area contributed by atoms with Crippen LogP contribution in [0.25, 0.3) is 0 Å². The van der Waals surface area contributed by atoms with E-state index in [2.05, 4.69) is 4.99 Å².